The highest BCUT2D eigenvalue weighted by atomic mass is 32.3. The Balaban J connectivity index is 1.68. The molecule has 0 aromatic heterocycles. The first-order valence-electron chi connectivity index (χ1n) is 13.1. The van der Waals surface area contributed by atoms with Crippen LogP contribution in [0.2, 0.25) is 0 Å². The van der Waals surface area contributed by atoms with Crippen molar-refractivity contribution in [2.24, 2.45) is 0 Å². The van der Waals surface area contributed by atoms with E-state index in [1.165, 1.54) is 9.79 Å². The first kappa shape index (κ1) is 29.2. The summed E-state index contributed by atoms with van der Waals surface area (Å²) in [6.45, 7) is 7.55. The third kappa shape index (κ3) is 7.26. The van der Waals surface area contributed by atoms with Crippen molar-refractivity contribution in [1.82, 2.24) is 0 Å². The fourth-order valence-electron chi connectivity index (χ4n) is 4.27. The van der Waals surface area contributed by atoms with E-state index < -0.39 is 22.0 Å². The second-order valence-corrected chi connectivity index (χ2v) is 11.7. The zero-order valence-electron chi connectivity index (χ0n) is 22.6. The Kier molecular flexibility index (Phi) is 10.4. The molecule has 0 radical (unpaired) electrons. The summed E-state index contributed by atoms with van der Waals surface area (Å²) in [5.41, 5.74) is 0. The van der Waals surface area contributed by atoms with Crippen molar-refractivity contribution in [3.8, 4) is 11.5 Å². The molecule has 210 valence electrons. The van der Waals surface area contributed by atoms with Crippen LogP contribution in [-0.2, 0) is 19.1 Å². The molecule has 0 spiro atoms. The molecule has 0 aliphatic heterocycles. The molecule has 0 amide bonds. The quantitative estimate of drug-likeness (QED) is 0.0907. The molecule has 7 heteroatoms. The number of ether oxygens (including phenoxy) is 4. The van der Waals surface area contributed by atoms with Gasteiger partial charge in [-0.1, -0.05) is 49.6 Å². The van der Waals surface area contributed by atoms with Crippen molar-refractivity contribution in [3.05, 3.63) is 135 Å². The molecule has 41 heavy (non-hydrogen) atoms. The molecule has 4 aromatic rings. The third-order valence-electron chi connectivity index (χ3n) is 6.07. The van der Waals surface area contributed by atoms with Crippen molar-refractivity contribution in [2.75, 3.05) is 26.4 Å². The Hall–Kier alpha value is -4.75. The van der Waals surface area contributed by atoms with E-state index in [4.69, 9.17) is 18.9 Å². The van der Waals surface area contributed by atoms with Crippen LogP contribution in [0.3, 0.4) is 0 Å². The number of carbonyl (C=O) groups is 2. The summed E-state index contributed by atoms with van der Waals surface area (Å²) in [7, 11) is -1.90. The van der Waals surface area contributed by atoms with E-state index in [0.29, 0.717) is 11.5 Å². The minimum atomic E-state index is -1.90. The van der Waals surface area contributed by atoms with Crippen LogP contribution in [0.15, 0.2) is 154 Å². The molecular formula is C34H32O6S. The fourth-order valence-corrected chi connectivity index (χ4v) is 8.12. The molecule has 0 aliphatic rings. The number of benzene rings is 4. The lowest BCUT2D eigenvalue weighted by Crippen LogP contribution is -2.10. The van der Waals surface area contributed by atoms with Gasteiger partial charge in [-0.15, -0.1) is 10.0 Å². The average molecular weight is 569 g/mol. The molecule has 0 aliphatic carbocycles. The normalized spacial score (nSPS) is 11.1. The molecule has 0 unspecified atom stereocenters. The second kappa shape index (κ2) is 14.6. The van der Waals surface area contributed by atoms with Crippen molar-refractivity contribution >= 4 is 22.0 Å². The summed E-state index contributed by atoms with van der Waals surface area (Å²) in [4.78, 5) is 27.2. The molecule has 0 saturated heterocycles. The summed E-state index contributed by atoms with van der Waals surface area (Å²) >= 11 is 0. The number of carbonyl (C=O) groups excluding carboxylic acids is 2. The fraction of sp³-hybridized carbons (Fsp3) is 0.118. The minimum absolute atomic E-state index is 0.140. The van der Waals surface area contributed by atoms with Gasteiger partial charge in [0.25, 0.3) is 0 Å². The Morgan fingerprint density at radius 3 is 1.20 bits per heavy atom. The lowest BCUT2D eigenvalue weighted by Gasteiger charge is -2.42. The standard InChI is InChI=1S/C34H32O6S/c1-3-33(35)39-25-23-37-27-15-19-31(20-16-27)41(29-11-7-5-8-12-29,30-13-9-6-10-14-30)32-21-17-28(18-22-32)38-24-26-40-34(36)4-2/h3-22H,1-2,23-26H2. The molecule has 4 rings (SSSR count). The average Bonchev–Trinajstić information content (AvgIpc) is 3.04. The van der Waals surface area contributed by atoms with Crippen LogP contribution in [0.4, 0.5) is 0 Å². The summed E-state index contributed by atoms with van der Waals surface area (Å²) < 4.78 is 21.6. The van der Waals surface area contributed by atoms with Crippen LogP contribution in [0.25, 0.3) is 0 Å². The van der Waals surface area contributed by atoms with E-state index in [1.807, 2.05) is 36.4 Å². The Morgan fingerprint density at radius 1 is 0.512 bits per heavy atom. The molecule has 0 heterocycles. The summed E-state index contributed by atoms with van der Waals surface area (Å²) in [5.74, 6) is 0.406. The van der Waals surface area contributed by atoms with Gasteiger partial charge in [0.2, 0.25) is 0 Å². The zero-order valence-corrected chi connectivity index (χ0v) is 23.5. The number of hydrogen-bond acceptors (Lipinski definition) is 6. The van der Waals surface area contributed by atoms with Crippen molar-refractivity contribution in [2.45, 2.75) is 19.6 Å². The van der Waals surface area contributed by atoms with Crippen LogP contribution in [-0.4, -0.2) is 38.4 Å². The van der Waals surface area contributed by atoms with E-state index in [-0.39, 0.29) is 26.4 Å². The molecule has 4 aromatic carbocycles. The summed E-state index contributed by atoms with van der Waals surface area (Å²) in [6, 6.07) is 37.1. The summed E-state index contributed by atoms with van der Waals surface area (Å²) in [5, 5.41) is 0. The predicted molar refractivity (Wildman–Crippen MR) is 160 cm³/mol. The maximum atomic E-state index is 11.3. The van der Waals surface area contributed by atoms with E-state index in [1.54, 1.807) is 0 Å². The van der Waals surface area contributed by atoms with E-state index in [2.05, 4.69) is 86.0 Å². The molecule has 0 fully saturated rings. The lowest BCUT2D eigenvalue weighted by atomic mass is 10.3. The second-order valence-electron chi connectivity index (χ2n) is 8.62. The Morgan fingerprint density at radius 2 is 0.854 bits per heavy atom. The minimum Gasteiger partial charge on any atom is -0.490 e. The van der Waals surface area contributed by atoms with E-state index in [9.17, 15) is 9.59 Å². The summed E-state index contributed by atoms with van der Waals surface area (Å²) in [6.07, 6.45) is 2.26. The van der Waals surface area contributed by atoms with Crippen LogP contribution in [0, 0.1) is 0 Å². The van der Waals surface area contributed by atoms with Gasteiger partial charge in [0, 0.05) is 31.7 Å². The molecule has 0 atom stereocenters. The number of hydrogen-bond donors (Lipinski definition) is 0. The van der Waals surface area contributed by atoms with Gasteiger partial charge in [-0.25, -0.2) is 9.59 Å². The van der Waals surface area contributed by atoms with Gasteiger partial charge in [-0.3, -0.25) is 0 Å². The van der Waals surface area contributed by atoms with Crippen LogP contribution < -0.4 is 9.47 Å². The lowest BCUT2D eigenvalue weighted by molar-refractivity contribution is -0.139. The molecule has 0 N–H and O–H groups in total. The van der Waals surface area contributed by atoms with Gasteiger partial charge < -0.3 is 18.9 Å². The number of rotatable bonds is 14. The zero-order chi connectivity index (χ0) is 28.9. The van der Waals surface area contributed by atoms with Crippen LogP contribution >= 0.6 is 10.0 Å². The van der Waals surface area contributed by atoms with Gasteiger partial charge in [0.1, 0.15) is 37.9 Å². The molecule has 6 nitrogen and oxygen atoms in total. The Labute approximate surface area is 242 Å². The van der Waals surface area contributed by atoms with Crippen LogP contribution in [0.5, 0.6) is 11.5 Å². The SMILES string of the molecule is C=CC(=O)OCCOc1ccc(S(c2ccccc2)(c2ccccc2)c2ccc(OCCOC(=O)C=C)cc2)cc1. The largest absolute Gasteiger partial charge is 0.490 e. The van der Waals surface area contributed by atoms with Gasteiger partial charge in [0.05, 0.1) is 0 Å². The molecular weight excluding hydrogens is 536 g/mol. The van der Waals surface area contributed by atoms with Gasteiger partial charge >= 0.3 is 11.9 Å². The van der Waals surface area contributed by atoms with Gasteiger partial charge in [0.15, 0.2) is 0 Å². The van der Waals surface area contributed by atoms with Crippen LogP contribution in [0.1, 0.15) is 0 Å². The topological polar surface area (TPSA) is 71.1 Å². The number of esters is 2. The first-order valence-corrected chi connectivity index (χ1v) is 14.7. The highest BCUT2D eigenvalue weighted by molar-refractivity contribution is 8.34. The smallest absolute Gasteiger partial charge is 0.330 e. The maximum absolute atomic E-state index is 11.3. The van der Waals surface area contributed by atoms with Crippen molar-refractivity contribution < 1.29 is 28.5 Å². The monoisotopic (exact) mass is 568 g/mol. The highest BCUT2D eigenvalue weighted by Crippen LogP contribution is 2.73. The van der Waals surface area contributed by atoms with Gasteiger partial charge in [-0.2, -0.15) is 0 Å². The molecule has 0 bridgehead atoms. The van der Waals surface area contributed by atoms with Crippen molar-refractivity contribution in [1.29, 1.82) is 0 Å². The van der Waals surface area contributed by atoms with E-state index in [0.717, 1.165) is 21.9 Å². The molecule has 0 saturated carbocycles. The highest BCUT2D eigenvalue weighted by Gasteiger charge is 2.33. The van der Waals surface area contributed by atoms with Crippen molar-refractivity contribution in [3.63, 3.8) is 0 Å². The first-order chi connectivity index (χ1) is 20.1. The van der Waals surface area contributed by atoms with Gasteiger partial charge in [-0.05, 0) is 72.8 Å². The Bertz CT molecular complexity index is 1320. The van der Waals surface area contributed by atoms with E-state index >= 15 is 0 Å². The maximum Gasteiger partial charge on any atom is 0.330 e. The third-order valence-corrected chi connectivity index (χ3v) is 9.99. The predicted octanol–water partition coefficient (Wildman–Crippen LogP) is 7.24.